The van der Waals surface area contributed by atoms with Gasteiger partial charge in [0.25, 0.3) is 5.24 Å². The van der Waals surface area contributed by atoms with E-state index < -0.39 is 0 Å². The summed E-state index contributed by atoms with van der Waals surface area (Å²) < 4.78 is 0. The molecule has 1 amide bonds. The van der Waals surface area contributed by atoms with Crippen LogP contribution in [0.3, 0.4) is 0 Å². The van der Waals surface area contributed by atoms with E-state index in [9.17, 15) is 4.79 Å². The van der Waals surface area contributed by atoms with Crippen molar-refractivity contribution in [2.75, 3.05) is 18.9 Å². The zero-order chi connectivity index (χ0) is 7.56. The maximum Gasteiger partial charge on any atom is 0.282 e. The Morgan fingerprint density at radius 2 is 2.60 bits per heavy atom. The molecule has 0 aromatic carbocycles. The van der Waals surface area contributed by atoms with Gasteiger partial charge >= 0.3 is 0 Å². The minimum Gasteiger partial charge on any atom is -0.395 e. The van der Waals surface area contributed by atoms with Crippen LogP contribution in [0, 0.1) is 0 Å². The molecule has 1 N–H and O–H groups in total. The lowest BCUT2D eigenvalue weighted by Crippen LogP contribution is -2.33. The van der Waals surface area contributed by atoms with Crippen LogP contribution in [0.2, 0.25) is 0 Å². The van der Waals surface area contributed by atoms with Crippen molar-refractivity contribution in [1.82, 2.24) is 4.90 Å². The first kappa shape index (κ1) is 7.88. The first-order valence-electron chi connectivity index (χ1n) is 3.30. The summed E-state index contributed by atoms with van der Waals surface area (Å²) in [5, 5.41) is 8.66. The largest absolute Gasteiger partial charge is 0.395 e. The SMILES string of the molecule is CC1CSC(=O)N1CCO. The van der Waals surface area contributed by atoms with Gasteiger partial charge in [0.1, 0.15) is 0 Å². The van der Waals surface area contributed by atoms with Crippen molar-refractivity contribution in [2.45, 2.75) is 13.0 Å². The molecular weight excluding hydrogens is 150 g/mol. The van der Waals surface area contributed by atoms with Crippen LogP contribution in [-0.2, 0) is 0 Å². The van der Waals surface area contributed by atoms with E-state index in [1.165, 1.54) is 11.8 Å². The number of carbonyl (C=O) groups excluding carboxylic acids is 1. The van der Waals surface area contributed by atoms with Crippen molar-refractivity contribution >= 4 is 17.0 Å². The van der Waals surface area contributed by atoms with Crippen molar-refractivity contribution in [3.05, 3.63) is 0 Å². The Morgan fingerprint density at radius 3 is 3.00 bits per heavy atom. The zero-order valence-corrected chi connectivity index (χ0v) is 6.73. The van der Waals surface area contributed by atoms with Crippen LogP contribution in [0.4, 0.5) is 4.79 Å². The summed E-state index contributed by atoms with van der Waals surface area (Å²) in [5.74, 6) is 0.860. The smallest absolute Gasteiger partial charge is 0.282 e. The molecule has 0 aromatic rings. The van der Waals surface area contributed by atoms with Crippen LogP contribution in [0.1, 0.15) is 6.92 Å². The first-order valence-corrected chi connectivity index (χ1v) is 4.28. The number of nitrogens with zero attached hydrogens (tertiary/aromatic N) is 1. The van der Waals surface area contributed by atoms with Gasteiger partial charge in [-0.05, 0) is 6.92 Å². The van der Waals surface area contributed by atoms with Crippen LogP contribution in [0.15, 0.2) is 0 Å². The third kappa shape index (κ3) is 1.44. The molecule has 0 aliphatic carbocycles. The van der Waals surface area contributed by atoms with Gasteiger partial charge in [0.2, 0.25) is 0 Å². The number of amides is 1. The molecule has 1 atom stereocenters. The molecular formula is C6H11NO2S. The van der Waals surface area contributed by atoms with Gasteiger partial charge < -0.3 is 10.0 Å². The molecule has 0 spiro atoms. The number of rotatable bonds is 2. The molecule has 3 nitrogen and oxygen atoms in total. The van der Waals surface area contributed by atoms with Crippen LogP contribution < -0.4 is 0 Å². The second-order valence-electron chi connectivity index (χ2n) is 2.34. The molecule has 1 aliphatic rings. The number of aliphatic hydroxyl groups is 1. The maximum atomic E-state index is 11.0. The molecule has 58 valence electrons. The summed E-state index contributed by atoms with van der Waals surface area (Å²) in [6.07, 6.45) is 0. The summed E-state index contributed by atoms with van der Waals surface area (Å²) >= 11 is 1.33. The van der Waals surface area contributed by atoms with Gasteiger partial charge in [0, 0.05) is 18.3 Å². The summed E-state index contributed by atoms with van der Waals surface area (Å²) in [6.45, 7) is 2.54. The van der Waals surface area contributed by atoms with Crippen molar-refractivity contribution in [3.63, 3.8) is 0 Å². The Bertz CT molecular complexity index is 140. The van der Waals surface area contributed by atoms with E-state index in [1.54, 1.807) is 4.90 Å². The van der Waals surface area contributed by atoms with Gasteiger partial charge in [-0.25, -0.2) is 0 Å². The molecule has 0 saturated carbocycles. The predicted octanol–water partition coefficient (Wildman–Crippen LogP) is 0.536. The number of hydrogen-bond donors (Lipinski definition) is 1. The lowest BCUT2D eigenvalue weighted by molar-refractivity contribution is 0.187. The average Bonchev–Trinajstić information content (AvgIpc) is 2.20. The Hall–Kier alpha value is -0.220. The highest BCUT2D eigenvalue weighted by Gasteiger charge is 2.27. The second-order valence-corrected chi connectivity index (χ2v) is 3.31. The fraction of sp³-hybridized carbons (Fsp3) is 0.833. The third-order valence-corrected chi connectivity index (χ3v) is 2.69. The highest BCUT2D eigenvalue weighted by atomic mass is 32.2. The number of aliphatic hydroxyl groups excluding tert-OH is 1. The molecule has 4 heteroatoms. The Morgan fingerprint density at radius 1 is 1.90 bits per heavy atom. The van der Waals surface area contributed by atoms with Crippen LogP contribution in [0.25, 0.3) is 0 Å². The molecule has 0 bridgehead atoms. The highest BCUT2D eigenvalue weighted by Crippen LogP contribution is 2.22. The van der Waals surface area contributed by atoms with Crippen molar-refractivity contribution < 1.29 is 9.90 Å². The molecule has 0 aromatic heterocycles. The van der Waals surface area contributed by atoms with E-state index in [1.807, 2.05) is 6.92 Å². The van der Waals surface area contributed by atoms with E-state index in [2.05, 4.69) is 0 Å². The van der Waals surface area contributed by atoms with Crippen LogP contribution in [-0.4, -0.2) is 40.2 Å². The molecule has 1 heterocycles. The topological polar surface area (TPSA) is 40.5 Å². The highest BCUT2D eigenvalue weighted by molar-refractivity contribution is 8.13. The maximum absolute atomic E-state index is 11.0. The molecule has 1 fully saturated rings. The summed E-state index contributed by atoms with van der Waals surface area (Å²) in [6, 6.07) is 0.296. The van der Waals surface area contributed by atoms with Gasteiger partial charge in [-0.3, -0.25) is 4.79 Å². The Labute approximate surface area is 64.4 Å². The third-order valence-electron chi connectivity index (χ3n) is 1.56. The number of thioether (sulfide) groups is 1. The van der Waals surface area contributed by atoms with E-state index in [0.29, 0.717) is 12.6 Å². The lowest BCUT2D eigenvalue weighted by atomic mass is 10.3. The molecule has 10 heavy (non-hydrogen) atoms. The van der Waals surface area contributed by atoms with Crippen LogP contribution >= 0.6 is 11.8 Å². The van der Waals surface area contributed by atoms with Gasteiger partial charge in [-0.15, -0.1) is 0 Å². The van der Waals surface area contributed by atoms with E-state index in [4.69, 9.17) is 5.11 Å². The first-order chi connectivity index (χ1) is 4.75. The fourth-order valence-electron chi connectivity index (χ4n) is 0.964. The second kappa shape index (κ2) is 3.25. The van der Waals surface area contributed by atoms with Gasteiger partial charge in [0.15, 0.2) is 0 Å². The van der Waals surface area contributed by atoms with Gasteiger partial charge in [-0.2, -0.15) is 0 Å². The lowest BCUT2D eigenvalue weighted by Gasteiger charge is -2.18. The Balaban J connectivity index is 2.46. The van der Waals surface area contributed by atoms with E-state index in [-0.39, 0.29) is 11.8 Å². The van der Waals surface area contributed by atoms with Crippen molar-refractivity contribution in [2.24, 2.45) is 0 Å². The summed E-state index contributed by atoms with van der Waals surface area (Å²) in [5.41, 5.74) is 0. The molecule has 1 rings (SSSR count). The quantitative estimate of drug-likeness (QED) is 0.642. The molecule has 0 radical (unpaired) electrons. The minimum absolute atomic E-state index is 0.0661. The van der Waals surface area contributed by atoms with Crippen LogP contribution in [0.5, 0.6) is 0 Å². The number of carbonyl (C=O) groups is 1. The number of hydrogen-bond acceptors (Lipinski definition) is 3. The van der Waals surface area contributed by atoms with Gasteiger partial charge in [0.05, 0.1) is 6.61 Å². The van der Waals surface area contributed by atoms with Crippen molar-refractivity contribution in [3.8, 4) is 0 Å². The molecule has 1 unspecified atom stereocenters. The van der Waals surface area contributed by atoms with Crippen molar-refractivity contribution in [1.29, 1.82) is 0 Å². The van der Waals surface area contributed by atoms with E-state index in [0.717, 1.165) is 5.75 Å². The standard InChI is InChI=1S/C6H11NO2S/c1-5-4-10-6(9)7(5)2-3-8/h5,8H,2-4H2,1H3. The fourth-order valence-corrected chi connectivity index (χ4v) is 1.96. The zero-order valence-electron chi connectivity index (χ0n) is 5.91. The average molecular weight is 161 g/mol. The number of β-amino-alcohol motifs (C(OH)–C–C–N with tert-alkyl or cyclic N) is 1. The Kier molecular flexibility index (Phi) is 2.56. The van der Waals surface area contributed by atoms with Gasteiger partial charge in [-0.1, -0.05) is 11.8 Å². The summed E-state index contributed by atoms with van der Waals surface area (Å²) in [4.78, 5) is 12.7. The molecule has 1 aliphatic heterocycles. The predicted molar refractivity (Wildman–Crippen MR) is 41.1 cm³/mol. The minimum atomic E-state index is 0.0661. The molecule has 1 saturated heterocycles. The van der Waals surface area contributed by atoms with E-state index >= 15 is 0 Å². The normalized spacial score (nSPS) is 26.0. The summed E-state index contributed by atoms with van der Waals surface area (Å²) in [7, 11) is 0. The monoisotopic (exact) mass is 161 g/mol.